The van der Waals surface area contributed by atoms with E-state index in [0.29, 0.717) is 18.0 Å². The number of nitrogens with zero attached hydrogens (tertiary/aromatic N) is 2. The molecule has 1 fully saturated rings. The Balaban J connectivity index is 1.84. The van der Waals surface area contributed by atoms with Gasteiger partial charge in [-0.3, -0.25) is 4.90 Å². The Labute approximate surface area is 116 Å². The lowest BCUT2D eigenvalue weighted by atomic mass is 9.90. The van der Waals surface area contributed by atoms with Crippen molar-refractivity contribution in [1.82, 2.24) is 15.2 Å². The van der Waals surface area contributed by atoms with Crippen LogP contribution < -0.4 is 10.1 Å². The molecule has 1 N–H and O–H groups in total. The van der Waals surface area contributed by atoms with Crippen LogP contribution in [0.1, 0.15) is 31.2 Å². The topological polar surface area (TPSA) is 37.4 Å². The molecule has 2 rings (SSSR count). The maximum Gasteiger partial charge on any atom is 0.212 e. The van der Waals surface area contributed by atoms with Crippen molar-refractivity contribution >= 4 is 0 Å². The smallest absolute Gasteiger partial charge is 0.212 e. The van der Waals surface area contributed by atoms with E-state index in [1.807, 2.05) is 12.3 Å². The molecule has 1 heterocycles. The Morgan fingerprint density at radius 1 is 1.32 bits per heavy atom. The lowest BCUT2D eigenvalue weighted by Crippen LogP contribution is -2.39. The van der Waals surface area contributed by atoms with Gasteiger partial charge in [0.15, 0.2) is 0 Å². The predicted molar refractivity (Wildman–Crippen MR) is 77.4 cm³/mol. The summed E-state index contributed by atoms with van der Waals surface area (Å²) in [7, 11) is 5.93. The van der Waals surface area contributed by atoms with Gasteiger partial charge in [0.05, 0.1) is 7.11 Å². The summed E-state index contributed by atoms with van der Waals surface area (Å²) in [4.78, 5) is 6.72. The van der Waals surface area contributed by atoms with Gasteiger partial charge in [-0.2, -0.15) is 0 Å². The lowest BCUT2D eigenvalue weighted by molar-refractivity contribution is 0.170. The standard InChI is InChI=1S/C15H25N3O/c1-16-13-5-7-14(8-6-13)18(2)11-12-4-9-15(19-3)17-10-12/h4,9-10,13-14,16H,5-8,11H2,1-3H3. The van der Waals surface area contributed by atoms with Crippen molar-refractivity contribution < 1.29 is 4.74 Å². The van der Waals surface area contributed by atoms with Gasteiger partial charge in [-0.1, -0.05) is 6.07 Å². The Bertz CT molecular complexity index is 371. The number of aromatic nitrogens is 1. The quantitative estimate of drug-likeness (QED) is 0.882. The van der Waals surface area contributed by atoms with Gasteiger partial charge < -0.3 is 10.1 Å². The van der Waals surface area contributed by atoms with Gasteiger partial charge in [0, 0.05) is 30.9 Å². The van der Waals surface area contributed by atoms with Crippen molar-refractivity contribution in [3.05, 3.63) is 23.9 Å². The van der Waals surface area contributed by atoms with E-state index in [1.54, 1.807) is 7.11 Å². The molecule has 0 aromatic carbocycles. The second-order valence-corrected chi connectivity index (χ2v) is 5.42. The maximum absolute atomic E-state index is 5.08. The van der Waals surface area contributed by atoms with E-state index < -0.39 is 0 Å². The van der Waals surface area contributed by atoms with Gasteiger partial charge in [0.2, 0.25) is 5.88 Å². The number of hydrogen-bond donors (Lipinski definition) is 1. The molecule has 0 bridgehead atoms. The van der Waals surface area contributed by atoms with Crippen LogP contribution in [0.4, 0.5) is 0 Å². The average molecular weight is 263 g/mol. The summed E-state index contributed by atoms with van der Waals surface area (Å²) in [6.45, 7) is 0.964. The lowest BCUT2D eigenvalue weighted by Gasteiger charge is -2.34. The molecule has 0 radical (unpaired) electrons. The summed E-state index contributed by atoms with van der Waals surface area (Å²) in [5, 5.41) is 3.38. The second kappa shape index (κ2) is 6.87. The Hall–Kier alpha value is -1.13. The van der Waals surface area contributed by atoms with Crippen LogP contribution >= 0.6 is 0 Å². The minimum atomic E-state index is 0.681. The fourth-order valence-electron chi connectivity index (χ4n) is 2.85. The molecule has 1 aromatic heterocycles. The summed E-state index contributed by atoms with van der Waals surface area (Å²) in [5.41, 5.74) is 1.25. The molecule has 0 unspecified atom stereocenters. The normalized spacial score (nSPS) is 23.6. The van der Waals surface area contributed by atoms with E-state index in [0.717, 1.165) is 6.54 Å². The van der Waals surface area contributed by atoms with Gasteiger partial charge in [-0.15, -0.1) is 0 Å². The van der Waals surface area contributed by atoms with E-state index >= 15 is 0 Å². The molecular formula is C15H25N3O. The monoisotopic (exact) mass is 263 g/mol. The molecule has 0 aliphatic heterocycles. The Morgan fingerprint density at radius 2 is 2.05 bits per heavy atom. The first-order valence-corrected chi connectivity index (χ1v) is 7.09. The van der Waals surface area contributed by atoms with Crippen molar-refractivity contribution in [3.63, 3.8) is 0 Å². The summed E-state index contributed by atoms with van der Waals surface area (Å²) < 4.78 is 5.08. The highest BCUT2D eigenvalue weighted by molar-refractivity contribution is 5.17. The van der Waals surface area contributed by atoms with Crippen LogP contribution in [-0.2, 0) is 6.54 Å². The molecule has 0 spiro atoms. The van der Waals surface area contributed by atoms with Crippen LogP contribution in [0, 0.1) is 0 Å². The zero-order valence-electron chi connectivity index (χ0n) is 12.2. The van der Waals surface area contributed by atoms with E-state index in [4.69, 9.17) is 4.74 Å². The molecular weight excluding hydrogens is 238 g/mol. The van der Waals surface area contributed by atoms with Crippen LogP contribution in [0.3, 0.4) is 0 Å². The third kappa shape index (κ3) is 3.91. The zero-order chi connectivity index (χ0) is 13.7. The molecule has 106 valence electrons. The summed E-state index contributed by atoms with van der Waals surface area (Å²) in [6, 6.07) is 5.45. The number of ether oxygens (including phenoxy) is 1. The van der Waals surface area contributed by atoms with Crippen LogP contribution in [0.5, 0.6) is 5.88 Å². The first-order chi connectivity index (χ1) is 9.22. The number of pyridine rings is 1. The maximum atomic E-state index is 5.08. The largest absolute Gasteiger partial charge is 0.481 e. The summed E-state index contributed by atoms with van der Waals surface area (Å²) in [6.07, 6.45) is 7.05. The highest BCUT2D eigenvalue weighted by Crippen LogP contribution is 2.23. The number of rotatable bonds is 5. The Kier molecular flexibility index (Phi) is 5.16. The fraction of sp³-hybridized carbons (Fsp3) is 0.667. The molecule has 0 saturated heterocycles. The minimum absolute atomic E-state index is 0.681. The third-order valence-electron chi connectivity index (χ3n) is 4.17. The van der Waals surface area contributed by atoms with Crippen molar-refractivity contribution in [3.8, 4) is 5.88 Å². The van der Waals surface area contributed by atoms with Gasteiger partial charge in [0.25, 0.3) is 0 Å². The van der Waals surface area contributed by atoms with Crippen molar-refractivity contribution in [1.29, 1.82) is 0 Å². The van der Waals surface area contributed by atoms with E-state index in [1.165, 1.54) is 31.2 Å². The van der Waals surface area contributed by atoms with E-state index in [9.17, 15) is 0 Å². The fourth-order valence-corrected chi connectivity index (χ4v) is 2.85. The van der Waals surface area contributed by atoms with Crippen LogP contribution in [-0.4, -0.2) is 43.2 Å². The van der Waals surface area contributed by atoms with Gasteiger partial charge in [0.1, 0.15) is 0 Å². The van der Waals surface area contributed by atoms with E-state index in [-0.39, 0.29) is 0 Å². The van der Waals surface area contributed by atoms with E-state index in [2.05, 4.69) is 35.4 Å². The summed E-state index contributed by atoms with van der Waals surface area (Å²) in [5.74, 6) is 0.681. The molecule has 19 heavy (non-hydrogen) atoms. The zero-order valence-corrected chi connectivity index (χ0v) is 12.2. The van der Waals surface area contributed by atoms with Gasteiger partial charge >= 0.3 is 0 Å². The first kappa shape index (κ1) is 14.3. The molecule has 4 heteroatoms. The highest BCUT2D eigenvalue weighted by Gasteiger charge is 2.22. The third-order valence-corrected chi connectivity index (χ3v) is 4.17. The number of hydrogen-bond acceptors (Lipinski definition) is 4. The summed E-state index contributed by atoms with van der Waals surface area (Å²) >= 11 is 0. The number of methoxy groups -OCH3 is 1. The van der Waals surface area contributed by atoms with Crippen molar-refractivity contribution in [2.24, 2.45) is 0 Å². The van der Waals surface area contributed by atoms with Crippen molar-refractivity contribution in [2.75, 3.05) is 21.2 Å². The highest BCUT2D eigenvalue weighted by atomic mass is 16.5. The molecule has 4 nitrogen and oxygen atoms in total. The minimum Gasteiger partial charge on any atom is -0.481 e. The van der Waals surface area contributed by atoms with Gasteiger partial charge in [-0.25, -0.2) is 4.98 Å². The Morgan fingerprint density at radius 3 is 2.58 bits per heavy atom. The van der Waals surface area contributed by atoms with Gasteiger partial charge in [-0.05, 0) is 45.3 Å². The molecule has 1 aliphatic rings. The van der Waals surface area contributed by atoms with Crippen LogP contribution in [0.15, 0.2) is 18.3 Å². The SMILES string of the molecule is CNC1CCC(N(C)Cc2ccc(OC)nc2)CC1. The molecule has 1 aliphatic carbocycles. The molecule has 1 aromatic rings. The average Bonchev–Trinajstić information content (AvgIpc) is 2.48. The molecule has 0 atom stereocenters. The van der Waals surface area contributed by atoms with Crippen LogP contribution in [0.2, 0.25) is 0 Å². The second-order valence-electron chi connectivity index (χ2n) is 5.42. The first-order valence-electron chi connectivity index (χ1n) is 7.09. The predicted octanol–water partition coefficient (Wildman–Crippen LogP) is 2.05. The number of nitrogens with one attached hydrogen (secondary N) is 1. The van der Waals surface area contributed by atoms with Crippen LogP contribution in [0.25, 0.3) is 0 Å². The molecule has 1 saturated carbocycles. The molecule has 0 amide bonds. The van der Waals surface area contributed by atoms with Crippen molar-refractivity contribution in [2.45, 2.75) is 44.3 Å².